The number of hydrogen-bond donors (Lipinski definition) is 2. The maximum absolute atomic E-state index is 11.8. The molecule has 0 radical (unpaired) electrons. The summed E-state index contributed by atoms with van der Waals surface area (Å²) in [4.78, 5) is 33.0. The summed E-state index contributed by atoms with van der Waals surface area (Å²) in [5.41, 5.74) is 2.82. The molecule has 0 aliphatic carbocycles. The molecule has 22 heavy (non-hydrogen) atoms. The number of hydrazine groups is 1. The van der Waals surface area contributed by atoms with Gasteiger partial charge in [-0.3, -0.25) is 14.9 Å². The molecule has 0 saturated carbocycles. The number of non-ortho nitro benzene ring substituents is 1. The summed E-state index contributed by atoms with van der Waals surface area (Å²) in [6, 6.07) is 13.3. The highest BCUT2D eigenvalue weighted by Crippen LogP contribution is 2.19. The third-order valence-corrected chi connectivity index (χ3v) is 2.68. The van der Waals surface area contributed by atoms with E-state index in [1.54, 1.807) is 30.3 Å². The van der Waals surface area contributed by atoms with Crippen LogP contribution in [0.1, 0.15) is 0 Å². The van der Waals surface area contributed by atoms with Gasteiger partial charge in [0.05, 0.1) is 10.6 Å². The molecule has 0 fully saturated rings. The first-order valence-electron chi connectivity index (χ1n) is 6.22. The summed E-state index contributed by atoms with van der Waals surface area (Å²) >= 11 is 0. The molecule has 0 bridgehead atoms. The Bertz CT molecular complexity index is 690. The smallest absolute Gasteiger partial charge is 0.307 e. The summed E-state index contributed by atoms with van der Waals surface area (Å²) in [6.07, 6.45) is 0.351. The number of hydrogen-bond acceptors (Lipinski definition) is 4. The number of carbonyl (C=O) groups is 2. The average Bonchev–Trinajstić information content (AvgIpc) is 2.53. The fourth-order valence-corrected chi connectivity index (χ4v) is 1.70. The number of nitrogens with zero attached hydrogens (tertiary/aromatic N) is 2. The molecule has 0 aromatic heterocycles. The first kappa shape index (κ1) is 15.0. The van der Waals surface area contributed by atoms with Gasteiger partial charge in [0.1, 0.15) is 0 Å². The van der Waals surface area contributed by atoms with E-state index in [-0.39, 0.29) is 11.4 Å². The summed E-state index contributed by atoms with van der Waals surface area (Å²) in [6.45, 7) is 0. The second-order valence-corrected chi connectivity index (χ2v) is 4.18. The van der Waals surface area contributed by atoms with Crippen molar-refractivity contribution in [3.63, 3.8) is 0 Å². The molecule has 3 amide bonds. The second kappa shape index (κ2) is 6.84. The first-order chi connectivity index (χ1) is 10.6. The fraction of sp³-hybridized carbons (Fsp3) is 0. The van der Waals surface area contributed by atoms with E-state index in [1.807, 2.05) is 0 Å². The van der Waals surface area contributed by atoms with Crippen molar-refractivity contribution in [3.05, 3.63) is 64.7 Å². The molecular formula is C14H12N4O4. The number of para-hydroxylation sites is 1. The molecule has 0 heterocycles. The van der Waals surface area contributed by atoms with Crippen LogP contribution in [-0.4, -0.2) is 17.4 Å². The zero-order valence-electron chi connectivity index (χ0n) is 11.3. The van der Waals surface area contributed by atoms with Gasteiger partial charge in [-0.05, 0) is 18.2 Å². The van der Waals surface area contributed by atoms with Crippen LogP contribution in [0.4, 0.5) is 21.9 Å². The van der Waals surface area contributed by atoms with Crippen molar-refractivity contribution in [2.45, 2.75) is 0 Å². The summed E-state index contributed by atoms with van der Waals surface area (Å²) < 4.78 is 0. The van der Waals surface area contributed by atoms with E-state index in [9.17, 15) is 19.7 Å². The van der Waals surface area contributed by atoms with Crippen LogP contribution in [0, 0.1) is 10.1 Å². The third kappa shape index (κ3) is 3.79. The normalized spacial score (nSPS) is 9.64. The molecule has 0 unspecified atom stereocenters. The van der Waals surface area contributed by atoms with E-state index in [2.05, 4.69) is 10.7 Å². The predicted octanol–water partition coefficient (Wildman–Crippen LogP) is 2.29. The molecule has 112 valence electrons. The molecule has 2 N–H and O–H groups in total. The van der Waals surface area contributed by atoms with Crippen LogP contribution in [0.2, 0.25) is 0 Å². The van der Waals surface area contributed by atoms with Crippen molar-refractivity contribution in [1.29, 1.82) is 0 Å². The SMILES string of the molecule is O=CN(NC(=O)Nc1ccccc1)c1cccc([N+](=O)[O-])c1. The van der Waals surface area contributed by atoms with Gasteiger partial charge in [-0.2, -0.15) is 0 Å². The van der Waals surface area contributed by atoms with Gasteiger partial charge >= 0.3 is 6.03 Å². The lowest BCUT2D eigenvalue weighted by atomic mass is 10.3. The highest BCUT2D eigenvalue weighted by Gasteiger charge is 2.13. The van der Waals surface area contributed by atoms with E-state index in [1.165, 1.54) is 24.3 Å². The minimum atomic E-state index is -0.648. The Morgan fingerprint density at radius 3 is 2.50 bits per heavy atom. The topological polar surface area (TPSA) is 105 Å². The first-order valence-corrected chi connectivity index (χ1v) is 6.22. The van der Waals surface area contributed by atoms with Crippen molar-refractivity contribution >= 4 is 29.5 Å². The van der Waals surface area contributed by atoms with Crippen LogP contribution in [0.25, 0.3) is 0 Å². The molecule has 2 aromatic rings. The minimum Gasteiger partial charge on any atom is -0.307 e. The predicted molar refractivity (Wildman–Crippen MR) is 80.2 cm³/mol. The number of anilines is 2. The van der Waals surface area contributed by atoms with Crippen molar-refractivity contribution in [1.82, 2.24) is 5.43 Å². The number of nitrogens with one attached hydrogen (secondary N) is 2. The zero-order chi connectivity index (χ0) is 15.9. The molecule has 0 saturated heterocycles. The van der Waals surface area contributed by atoms with Gasteiger partial charge in [0.2, 0.25) is 6.41 Å². The van der Waals surface area contributed by atoms with Crippen molar-refractivity contribution < 1.29 is 14.5 Å². The Labute approximate surface area is 125 Å². The number of urea groups is 1. The molecule has 8 heteroatoms. The quantitative estimate of drug-likeness (QED) is 0.502. The lowest BCUT2D eigenvalue weighted by molar-refractivity contribution is -0.384. The highest BCUT2D eigenvalue weighted by molar-refractivity contribution is 5.93. The van der Waals surface area contributed by atoms with Crippen LogP contribution in [0.5, 0.6) is 0 Å². The van der Waals surface area contributed by atoms with Crippen LogP contribution >= 0.6 is 0 Å². The van der Waals surface area contributed by atoms with Crippen LogP contribution in [0.3, 0.4) is 0 Å². The van der Waals surface area contributed by atoms with E-state index in [0.29, 0.717) is 12.1 Å². The van der Waals surface area contributed by atoms with E-state index in [0.717, 1.165) is 5.01 Å². The van der Waals surface area contributed by atoms with Gasteiger partial charge in [0.25, 0.3) is 5.69 Å². The molecule has 0 aliphatic heterocycles. The maximum atomic E-state index is 11.8. The number of nitro benzene ring substituents is 1. The van der Waals surface area contributed by atoms with Crippen LogP contribution < -0.4 is 15.8 Å². The minimum absolute atomic E-state index is 0.174. The third-order valence-electron chi connectivity index (χ3n) is 2.68. The van der Waals surface area contributed by atoms with E-state index < -0.39 is 11.0 Å². The molecule has 2 rings (SSSR count). The average molecular weight is 300 g/mol. The standard InChI is InChI=1S/C14H12N4O4/c19-10-17(12-7-4-8-13(9-12)18(21)22)16-14(20)15-11-5-2-1-3-6-11/h1-10H,(H2,15,16,20). The summed E-state index contributed by atoms with van der Waals surface area (Å²) in [5.74, 6) is 0. The Kier molecular flexibility index (Phi) is 4.66. The monoisotopic (exact) mass is 300 g/mol. The van der Waals surface area contributed by atoms with Gasteiger partial charge in [-0.15, -0.1) is 0 Å². The number of benzene rings is 2. The van der Waals surface area contributed by atoms with Gasteiger partial charge in [0.15, 0.2) is 0 Å². The van der Waals surface area contributed by atoms with Gasteiger partial charge in [0, 0.05) is 17.8 Å². The highest BCUT2D eigenvalue weighted by atomic mass is 16.6. The van der Waals surface area contributed by atoms with Crippen LogP contribution in [0.15, 0.2) is 54.6 Å². The van der Waals surface area contributed by atoms with Gasteiger partial charge < -0.3 is 5.32 Å². The maximum Gasteiger partial charge on any atom is 0.338 e. The number of carbonyl (C=O) groups excluding carboxylic acids is 2. The van der Waals surface area contributed by atoms with Crippen molar-refractivity contribution in [3.8, 4) is 0 Å². The molecule has 0 spiro atoms. The summed E-state index contributed by atoms with van der Waals surface area (Å²) in [5, 5.41) is 14.1. The van der Waals surface area contributed by atoms with Crippen molar-refractivity contribution in [2.24, 2.45) is 0 Å². The Balaban J connectivity index is 2.09. The molecular weight excluding hydrogens is 288 g/mol. The summed E-state index contributed by atoms with van der Waals surface area (Å²) in [7, 11) is 0. The van der Waals surface area contributed by atoms with E-state index in [4.69, 9.17) is 0 Å². The number of rotatable bonds is 5. The largest absolute Gasteiger partial charge is 0.338 e. The van der Waals surface area contributed by atoms with Gasteiger partial charge in [-0.25, -0.2) is 15.2 Å². The Hall–Kier alpha value is -3.42. The lowest BCUT2D eigenvalue weighted by Gasteiger charge is -2.18. The van der Waals surface area contributed by atoms with Crippen LogP contribution in [-0.2, 0) is 4.79 Å². The number of amides is 3. The Morgan fingerprint density at radius 2 is 1.86 bits per heavy atom. The lowest BCUT2D eigenvalue weighted by Crippen LogP contribution is -2.43. The fourth-order valence-electron chi connectivity index (χ4n) is 1.70. The molecule has 0 atom stereocenters. The zero-order valence-corrected chi connectivity index (χ0v) is 11.3. The molecule has 2 aromatic carbocycles. The molecule has 0 aliphatic rings. The van der Waals surface area contributed by atoms with Gasteiger partial charge in [-0.1, -0.05) is 24.3 Å². The molecule has 8 nitrogen and oxygen atoms in total. The Morgan fingerprint density at radius 1 is 1.14 bits per heavy atom. The van der Waals surface area contributed by atoms with E-state index >= 15 is 0 Å². The number of nitro groups is 1. The van der Waals surface area contributed by atoms with Crippen molar-refractivity contribution in [2.75, 3.05) is 10.3 Å². The second-order valence-electron chi connectivity index (χ2n) is 4.18.